The molecule has 0 aromatic heterocycles. The zero-order valence-electron chi connectivity index (χ0n) is 12.9. The van der Waals surface area contributed by atoms with E-state index in [1.54, 1.807) is 7.05 Å². The van der Waals surface area contributed by atoms with Crippen LogP contribution in [0.2, 0.25) is 0 Å². The van der Waals surface area contributed by atoms with Crippen LogP contribution in [0.3, 0.4) is 0 Å². The van der Waals surface area contributed by atoms with E-state index in [0.29, 0.717) is 5.92 Å². The molecule has 0 amide bonds. The molecule has 0 aliphatic carbocycles. The highest BCUT2D eigenvalue weighted by Gasteiger charge is 2.19. The van der Waals surface area contributed by atoms with Gasteiger partial charge in [-0.2, -0.15) is 0 Å². The number of guanidine groups is 1. The molecule has 2 N–H and O–H groups in total. The van der Waals surface area contributed by atoms with Crippen LogP contribution in [0.4, 0.5) is 4.39 Å². The van der Waals surface area contributed by atoms with Crippen LogP contribution in [0.25, 0.3) is 0 Å². The van der Waals surface area contributed by atoms with Gasteiger partial charge in [-0.3, -0.25) is 4.99 Å². The van der Waals surface area contributed by atoms with Crippen LogP contribution in [-0.4, -0.2) is 51.1 Å². The van der Waals surface area contributed by atoms with Gasteiger partial charge in [-0.05, 0) is 50.0 Å². The molecular weight excluding hydrogens is 267 g/mol. The first kappa shape index (κ1) is 15.8. The Labute approximate surface area is 126 Å². The molecule has 21 heavy (non-hydrogen) atoms. The van der Waals surface area contributed by atoms with Gasteiger partial charge in [0.05, 0.1) is 0 Å². The number of nitrogens with one attached hydrogen (secondary N) is 2. The van der Waals surface area contributed by atoms with Gasteiger partial charge in [0.2, 0.25) is 0 Å². The summed E-state index contributed by atoms with van der Waals surface area (Å²) in [6.07, 6.45) is 2.10. The maximum absolute atomic E-state index is 12.8. The van der Waals surface area contributed by atoms with Gasteiger partial charge in [-0.15, -0.1) is 0 Å². The topological polar surface area (TPSA) is 39.7 Å². The fourth-order valence-corrected chi connectivity index (χ4v) is 2.63. The smallest absolute Gasteiger partial charge is 0.190 e. The molecule has 1 atom stereocenters. The number of halogens is 1. The lowest BCUT2D eigenvalue weighted by molar-refractivity contribution is 0.394. The monoisotopic (exact) mass is 292 g/mol. The molecule has 4 nitrogen and oxygen atoms in total. The molecule has 0 radical (unpaired) electrons. The van der Waals surface area contributed by atoms with E-state index < -0.39 is 0 Å². The van der Waals surface area contributed by atoms with Crippen molar-refractivity contribution < 1.29 is 4.39 Å². The van der Waals surface area contributed by atoms with Crippen LogP contribution in [0.1, 0.15) is 12.0 Å². The number of nitrogens with zero attached hydrogens (tertiary/aromatic N) is 2. The second kappa shape index (κ2) is 7.98. The Balaban J connectivity index is 1.67. The maximum Gasteiger partial charge on any atom is 0.190 e. The lowest BCUT2D eigenvalue weighted by Gasteiger charge is -2.15. The number of benzene rings is 1. The van der Waals surface area contributed by atoms with Crippen molar-refractivity contribution in [3.8, 4) is 0 Å². The average molecular weight is 292 g/mol. The highest BCUT2D eigenvalue weighted by Crippen LogP contribution is 2.12. The summed E-state index contributed by atoms with van der Waals surface area (Å²) in [5.41, 5.74) is 1.12. The quantitative estimate of drug-likeness (QED) is 0.638. The molecule has 1 fully saturated rings. The average Bonchev–Trinajstić information content (AvgIpc) is 2.90. The Morgan fingerprint density at radius 2 is 2.10 bits per heavy atom. The van der Waals surface area contributed by atoms with Crippen molar-refractivity contribution in [3.63, 3.8) is 0 Å². The Kier molecular flexibility index (Phi) is 5.99. The minimum absolute atomic E-state index is 0.189. The van der Waals surface area contributed by atoms with E-state index >= 15 is 0 Å². The largest absolute Gasteiger partial charge is 0.356 e. The van der Waals surface area contributed by atoms with Gasteiger partial charge in [-0.25, -0.2) is 4.39 Å². The van der Waals surface area contributed by atoms with E-state index in [-0.39, 0.29) is 5.82 Å². The van der Waals surface area contributed by atoms with Crippen molar-refractivity contribution in [1.29, 1.82) is 0 Å². The summed E-state index contributed by atoms with van der Waals surface area (Å²) in [4.78, 5) is 6.59. The molecule has 1 aliphatic heterocycles. The van der Waals surface area contributed by atoms with E-state index in [9.17, 15) is 4.39 Å². The lowest BCUT2D eigenvalue weighted by Crippen LogP contribution is -2.41. The maximum atomic E-state index is 12.8. The number of rotatable bonds is 5. The van der Waals surface area contributed by atoms with Crippen molar-refractivity contribution in [2.45, 2.75) is 12.8 Å². The molecular formula is C16H25FN4. The predicted molar refractivity (Wildman–Crippen MR) is 85.1 cm³/mol. The second-order valence-electron chi connectivity index (χ2n) is 5.67. The zero-order chi connectivity index (χ0) is 15.1. The van der Waals surface area contributed by atoms with Gasteiger partial charge in [0.15, 0.2) is 5.96 Å². The Hall–Kier alpha value is -1.62. The Morgan fingerprint density at radius 1 is 1.33 bits per heavy atom. The van der Waals surface area contributed by atoms with Gasteiger partial charge in [0.25, 0.3) is 0 Å². The normalized spacial score (nSPS) is 19.8. The molecule has 1 heterocycles. The van der Waals surface area contributed by atoms with Crippen molar-refractivity contribution in [1.82, 2.24) is 15.5 Å². The molecule has 1 unspecified atom stereocenters. The molecule has 5 heteroatoms. The minimum atomic E-state index is -0.189. The van der Waals surface area contributed by atoms with Crippen molar-refractivity contribution in [3.05, 3.63) is 35.6 Å². The van der Waals surface area contributed by atoms with Gasteiger partial charge < -0.3 is 15.5 Å². The fourth-order valence-electron chi connectivity index (χ4n) is 2.63. The van der Waals surface area contributed by atoms with E-state index in [4.69, 9.17) is 0 Å². The second-order valence-corrected chi connectivity index (χ2v) is 5.67. The summed E-state index contributed by atoms with van der Waals surface area (Å²) in [6, 6.07) is 6.64. The molecule has 1 aliphatic rings. The predicted octanol–water partition coefficient (Wildman–Crippen LogP) is 1.48. The third-order valence-corrected chi connectivity index (χ3v) is 3.89. The lowest BCUT2D eigenvalue weighted by atomic mass is 10.1. The van der Waals surface area contributed by atoms with Gasteiger partial charge in [0, 0.05) is 26.7 Å². The molecule has 0 bridgehead atoms. The molecule has 116 valence electrons. The Bertz CT molecular complexity index is 458. The van der Waals surface area contributed by atoms with E-state index in [2.05, 4.69) is 27.6 Å². The first-order valence-electron chi connectivity index (χ1n) is 7.55. The van der Waals surface area contributed by atoms with Crippen LogP contribution in [0, 0.1) is 11.7 Å². The Morgan fingerprint density at radius 3 is 2.71 bits per heavy atom. The first-order valence-corrected chi connectivity index (χ1v) is 7.55. The first-order chi connectivity index (χ1) is 10.2. The van der Waals surface area contributed by atoms with Gasteiger partial charge >= 0.3 is 0 Å². The third-order valence-electron chi connectivity index (χ3n) is 3.89. The van der Waals surface area contributed by atoms with Crippen LogP contribution in [0.15, 0.2) is 29.3 Å². The summed E-state index contributed by atoms with van der Waals surface area (Å²) in [6.45, 7) is 4.08. The number of aliphatic imine (C=N–C) groups is 1. The summed E-state index contributed by atoms with van der Waals surface area (Å²) in [5, 5.41) is 6.68. The highest BCUT2D eigenvalue weighted by molar-refractivity contribution is 5.79. The van der Waals surface area contributed by atoms with Crippen molar-refractivity contribution in [2.75, 3.05) is 40.3 Å². The van der Waals surface area contributed by atoms with E-state index in [0.717, 1.165) is 37.6 Å². The van der Waals surface area contributed by atoms with Crippen LogP contribution in [-0.2, 0) is 6.42 Å². The standard InChI is InChI=1S/C16H25FN4/c1-18-16(20-11-14-8-10-21(2)12-14)19-9-7-13-3-5-15(17)6-4-13/h3-6,14H,7-12H2,1-2H3,(H2,18,19,20). The molecule has 1 aromatic carbocycles. The van der Waals surface area contributed by atoms with E-state index in [1.165, 1.54) is 25.1 Å². The fraction of sp³-hybridized carbons (Fsp3) is 0.562. The SMILES string of the molecule is CN=C(NCCc1ccc(F)cc1)NCC1CCN(C)C1. The van der Waals surface area contributed by atoms with Crippen molar-refractivity contribution in [2.24, 2.45) is 10.9 Å². The number of likely N-dealkylation sites (tertiary alicyclic amines) is 1. The summed E-state index contributed by atoms with van der Waals surface area (Å²) in [7, 11) is 3.95. The van der Waals surface area contributed by atoms with Crippen LogP contribution in [0.5, 0.6) is 0 Å². The number of hydrogen-bond acceptors (Lipinski definition) is 2. The van der Waals surface area contributed by atoms with E-state index in [1.807, 2.05) is 12.1 Å². The minimum Gasteiger partial charge on any atom is -0.356 e. The van der Waals surface area contributed by atoms with Gasteiger partial charge in [-0.1, -0.05) is 12.1 Å². The van der Waals surface area contributed by atoms with Crippen LogP contribution >= 0.6 is 0 Å². The summed E-state index contributed by atoms with van der Waals surface area (Å²) < 4.78 is 12.8. The van der Waals surface area contributed by atoms with Crippen LogP contribution < -0.4 is 10.6 Å². The third kappa shape index (κ3) is 5.34. The molecule has 2 rings (SSSR count). The zero-order valence-corrected chi connectivity index (χ0v) is 12.9. The molecule has 1 aromatic rings. The van der Waals surface area contributed by atoms with Crippen molar-refractivity contribution >= 4 is 5.96 Å². The highest BCUT2D eigenvalue weighted by atomic mass is 19.1. The molecule has 0 saturated carbocycles. The number of hydrogen-bond donors (Lipinski definition) is 2. The molecule has 1 saturated heterocycles. The summed E-state index contributed by atoms with van der Waals surface area (Å²) >= 11 is 0. The van der Waals surface area contributed by atoms with Gasteiger partial charge in [0.1, 0.15) is 5.82 Å². The molecule has 0 spiro atoms. The summed E-state index contributed by atoms with van der Waals surface area (Å²) in [5.74, 6) is 1.35.